The standard InChI is InChI=1S/C14H21NO2/c1-9(2)12-8-11(6-7-13(12)17-5)14(16)15-10(3)4/h6-10H,1-5H3,(H,15,16). The fraction of sp³-hybridized carbons (Fsp3) is 0.500. The molecule has 3 nitrogen and oxygen atoms in total. The first-order valence-electron chi connectivity index (χ1n) is 5.94. The molecule has 0 bridgehead atoms. The van der Waals surface area contributed by atoms with Gasteiger partial charge in [-0.25, -0.2) is 0 Å². The maximum atomic E-state index is 11.9. The molecule has 0 spiro atoms. The van der Waals surface area contributed by atoms with Gasteiger partial charge in [-0.3, -0.25) is 4.79 Å². The van der Waals surface area contributed by atoms with Crippen LogP contribution in [-0.2, 0) is 0 Å². The fourth-order valence-electron chi connectivity index (χ4n) is 1.67. The van der Waals surface area contributed by atoms with Gasteiger partial charge in [0, 0.05) is 11.6 Å². The highest BCUT2D eigenvalue weighted by atomic mass is 16.5. The van der Waals surface area contributed by atoms with E-state index in [0.29, 0.717) is 11.5 Å². The molecule has 0 heterocycles. The maximum absolute atomic E-state index is 11.9. The lowest BCUT2D eigenvalue weighted by Crippen LogP contribution is -2.30. The summed E-state index contributed by atoms with van der Waals surface area (Å²) in [6.45, 7) is 8.07. The van der Waals surface area contributed by atoms with Crippen molar-refractivity contribution >= 4 is 5.91 Å². The first-order valence-corrected chi connectivity index (χ1v) is 5.94. The van der Waals surface area contributed by atoms with E-state index >= 15 is 0 Å². The molecule has 0 saturated carbocycles. The Hall–Kier alpha value is -1.51. The Bertz CT molecular complexity index is 397. The molecule has 94 valence electrons. The zero-order valence-electron chi connectivity index (χ0n) is 11.2. The normalized spacial score (nSPS) is 10.8. The van der Waals surface area contributed by atoms with E-state index < -0.39 is 0 Å². The van der Waals surface area contributed by atoms with E-state index in [4.69, 9.17) is 4.74 Å². The first-order chi connectivity index (χ1) is 7.95. The van der Waals surface area contributed by atoms with Gasteiger partial charge in [-0.05, 0) is 43.5 Å². The van der Waals surface area contributed by atoms with Crippen molar-refractivity contribution in [3.8, 4) is 5.75 Å². The molecule has 1 rings (SSSR count). The van der Waals surface area contributed by atoms with E-state index in [2.05, 4.69) is 19.2 Å². The third-order valence-corrected chi connectivity index (χ3v) is 2.53. The van der Waals surface area contributed by atoms with Crippen LogP contribution in [0.3, 0.4) is 0 Å². The van der Waals surface area contributed by atoms with Crippen LogP contribution in [0.4, 0.5) is 0 Å². The van der Waals surface area contributed by atoms with Gasteiger partial charge in [0.25, 0.3) is 5.91 Å². The van der Waals surface area contributed by atoms with Crippen LogP contribution in [0.2, 0.25) is 0 Å². The number of carbonyl (C=O) groups excluding carboxylic acids is 1. The molecule has 0 atom stereocenters. The van der Waals surface area contributed by atoms with E-state index in [0.717, 1.165) is 11.3 Å². The second-order valence-electron chi connectivity index (χ2n) is 4.74. The molecule has 1 amide bonds. The number of nitrogens with one attached hydrogen (secondary N) is 1. The van der Waals surface area contributed by atoms with Gasteiger partial charge in [0.15, 0.2) is 0 Å². The Kier molecular flexibility index (Phi) is 4.55. The molecule has 1 aromatic rings. The van der Waals surface area contributed by atoms with Gasteiger partial charge >= 0.3 is 0 Å². The van der Waals surface area contributed by atoms with Crippen LogP contribution >= 0.6 is 0 Å². The van der Waals surface area contributed by atoms with E-state index in [-0.39, 0.29) is 11.9 Å². The Morgan fingerprint density at radius 1 is 1.24 bits per heavy atom. The highest BCUT2D eigenvalue weighted by Crippen LogP contribution is 2.27. The van der Waals surface area contributed by atoms with Crippen molar-refractivity contribution in [3.05, 3.63) is 29.3 Å². The average Bonchev–Trinajstić information content (AvgIpc) is 2.27. The first kappa shape index (κ1) is 13.6. The van der Waals surface area contributed by atoms with E-state index in [1.807, 2.05) is 26.0 Å². The molecule has 0 radical (unpaired) electrons. The minimum Gasteiger partial charge on any atom is -0.496 e. The Balaban J connectivity index is 3.03. The number of hydrogen-bond acceptors (Lipinski definition) is 2. The fourth-order valence-corrected chi connectivity index (χ4v) is 1.67. The van der Waals surface area contributed by atoms with Crippen LogP contribution in [0.1, 0.15) is 49.5 Å². The molecule has 0 aromatic heterocycles. The number of carbonyl (C=O) groups is 1. The molecule has 0 unspecified atom stereocenters. The van der Waals surface area contributed by atoms with Crippen molar-refractivity contribution in [2.24, 2.45) is 0 Å². The van der Waals surface area contributed by atoms with Gasteiger partial charge in [-0.15, -0.1) is 0 Å². The largest absolute Gasteiger partial charge is 0.496 e. The highest BCUT2D eigenvalue weighted by molar-refractivity contribution is 5.94. The van der Waals surface area contributed by atoms with Gasteiger partial charge in [0.05, 0.1) is 7.11 Å². The summed E-state index contributed by atoms with van der Waals surface area (Å²) in [4.78, 5) is 11.9. The lowest BCUT2D eigenvalue weighted by molar-refractivity contribution is 0.0943. The third-order valence-electron chi connectivity index (χ3n) is 2.53. The molecule has 0 fully saturated rings. The smallest absolute Gasteiger partial charge is 0.251 e. The summed E-state index contributed by atoms with van der Waals surface area (Å²) >= 11 is 0. The summed E-state index contributed by atoms with van der Waals surface area (Å²) in [6, 6.07) is 5.70. The molecule has 3 heteroatoms. The van der Waals surface area contributed by atoms with Crippen LogP contribution < -0.4 is 10.1 Å². The molecule has 1 aromatic carbocycles. The molecule has 0 aliphatic carbocycles. The summed E-state index contributed by atoms with van der Waals surface area (Å²) < 4.78 is 5.29. The minimum absolute atomic E-state index is 0.0375. The van der Waals surface area contributed by atoms with Crippen molar-refractivity contribution in [2.45, 2.75) is 39.7 Å². The van der Waals surface area contributed by atoms with Gasteiger partial charge < -0.3 is 10.1 Å². The number of ether oxygens (including phenoxy) is 1. The maximum Gasteiger partial charge on any atom is 0.251 e. The lowest BCUT2D eigenvalue weighted by atomic mass is 9.99. The summed E-state index contributed by atoms with van der Waals surface area (Å²) in [6.07, 6.45) is 0. The third kappa shape index (κ3) is 3.48. The van der Waals surface area contributed by atoms with Gasteiger partial charge in [0.2, 0.25) is 0 Å². The molecular weight excluding hydrogens is 214 g/mol. The monoisotopic (exact) mass is 235 g/mol. The van der Waals surface area contributed by atoms with Crippen molar-refractivity contribution in [1.82, 2.24) is 5.32 Å². The predicted octanol–water partition coefficient (Wildman–Crippen LogP) is 2.96. The van der Waals surface area contributed by atoms with Crippen LogP contribution in [0.25, 0.3) is 0 Å². The molecule has 17 heavy (non-hydrogen) atoms. The number of benzene rings is 1. The van der Waals surface area contributed by atoms with E-state index in [1.165, 1.54) is 0 Å². The average molecular weight is 235 g/mol. The topological polar surface area (TPSA) is 38.3 Å². The molecule has 0 aliphatic rings. The van der Waals surface area contributed by atoms with Gasteiger partial charge in [-0.2, -0.15) is 0 Å². The van der Waals surface area contributed by atoms with Crippen LogP contribution in [-0.4, -0.2) is 19.1 Å². The van der Waals surface area contributed by atoms with Crippen LogP contribution in [0, 0.1) is 0 Å². The zero-order valence-corrected chi connectivity index (χ0v) is 11.2. The summed E-state index contributed by atoms with van der Waals surface area (Å²) in [5, 5.41) is 2.88. The second-order valence-corrected chi connectivity index (χ2v) is 4.74. The summed E-state index contributed by atoms with van der Waals surface area (Å²) in [5.74, 6) is 1.13. The predicted molar refractivity (Wildman–Crippen MR) is 69.7 cm³/mol. The van der Waals surface area contributed by atoms with Crippen molar-refractivity contribution in [2.75, 3.05) is 7.11 Å². The zero-order chi connectivity index (χ0) is 13.0. The molecule has 1 N–H and O–H groups in total. The second kappa shape index (κ2) is 5.71. The number of methoxy groups -OCH3 is 1. The molecule has 0 aliphatic heterocycles. The minimum atomic E-state index is -0.0375. The molecule has 0 saturated heterocycles. The Morgan fingerprint density at radius 3 is 2.35 bits per heavy atom. The van der Waals surface area contributed by atoms with Gasteiger partial charge in [-0.1, -0.05) is 13.8 Å². The lowest BCUT2D eigenvalue weighted by Gasteiger charge is -2.14. The number of amides is 1. The molecular formula is C14H21NO2. The number of rotatable bonds is 4. The quantitative estimate of drug-likeness (QED) is 0.871. The SMILES string of the molecule is COc1ccc(C(=O)NC(C)C)cc1C(C)C. The van der Waals surface area contributed by atoms with Crippen molar-refractivity contribution < 1.29 is 9.53 Å². The Labute approximate surface area is 103 Å². The summed E-state index contributed by atoms with van der Waals surface area (Å²) in [7, 11) is 1.65. The van der Waals surface area contributed by atoms with Crippen LogP contribution in [0.5, 0.6) is 5.75 Å². The van der Waals surface area contributed by atoms with Crippen molar-refractivity contribution in [1.29, 1.82) is 0 Å². The van der Waals surface area contributed by atoms with Gasteiger partial charge in [0.1, 0.15) is 5.75 Å². The Morgan fingerprint density at radius 2 is 1.88 bits per heavy atom. The van der Waals surface area contributed by atoms with E-state index in [1.54, 1.807) is 13.2 Å². The van der Waals surface area contributed by atoms with E-state index in [9.17, 15) is 4.79 Å². The number of hydrogen-bond donors (Lipinski definition) is 1. The van der Waals surface area contributed by atoms with Crippen LogP contribution in [0.15, 0.2) is 18.2 Å². The highest BCUT2D eigenvalue weighted by Gasteiger charge is 2.12. The summed E-state index contributed by atoms with van der Waals surface area (Å²) in [5.41, 5.74) is 1.74. The van der Waals surface area contributed by atoms with Crippen molar-refractivity contribution in [3.63, 3.8) is 0 Å².